The minimum Gasteiger partial charge on any atom is -0.477 e. The third-order valence-electron chi connectivity index (χ3n) is 20.9. The van der Waals surface area contributed by atoms with E-state index in [-0.39, 0.29) is 53.5 Å². The molecule has 3 amide bonds. The van der Waals surface area contributed by atoms with E-state index in [0.29, 0.717) is 71.7 Å². The van der Waals surface area contributed by atoms with Crippen LogP contribution < -0.4 is 33.2 Å². The Kier molecular flexibility index (Phi) is 32.6. The zero-order valence-corrected chi connectivity index (χ0v) is 63.7. The number of nitrogens with one attached hydrogen (secondary N) is 7. The summed E-state index contributed by atoms with van der Waals surface area (Å²) in [7, 11) is 2.00. The molecule has 11 aromatic rings. The van der Waals surface area contributed by atoms with E-state index in [4.69, 9.17) is 45.7 Å². The molecule has 4 fully saturated rings. The lowest BCUT2D eigenvalue weighted by molar-refractivity contribution is 0.0690. The van der Waals surface area contributed by atoms with Crippen molar-refractivity contribution in [2.24, 2.45) is 52.7 Å². The first-order valence-electron chi connectivity index (χ1n) is 37.5. The van der Waals surface area contributed by atoms with Crippen molar-refractivity contribution in [3.63, 3.8) is 0 Å². The normalized spacial score (nSPS) is 18.7. The standard InChI is InChI=1S/C23H27N3O.C22H24FN3O.C19H21N3O.C15H10FNO2.C7H12N2.2CH4O.ClH/c1-15-2-6-18(7-3-15)19-8-9-20-12-22(26-21(20)11-19)23(27)25-14-17-5-4-16(10-17)13-24;23-19-7-5-16(6-8-19)17-3-4-18-11-21(26-20(18)10-17)22(27)25-13-15-2-1-14(9-15)12-24;1-3-4-13-5-7-15-11-18(22-17(15)10-13)19(23)21-12-14-6-8-16(9-14)20-2;16-12-5-3-9(4-6-12)10-1-2-11-8-14(15(18)19)17-13(11)7-10;1-9-7-3-2-6(4-7)5-8;2*1-2;/h2-3,6-9,11-12,16-17,26H,4-5,10,13-14,24H2,1H3,(H,25,27);3-8,10-11,14-15,26H,1-2,9,12-13,24H2,(H,25,27);3-5,7,10-11,14,16,22H,6,8-9,12H2,1H3,(H,21,23);1-8,17H,(H,18,19);6-7H,2-5,8H2;2*2H,1H3;1H/b;;4-3+;;;;;/t16-,17+;14-,15+;14-,16+;;6-,7+;;;/m001.1.../s1. The highest BCUT2D eigenvalue weighted by molar-refractivity contribution is 6.01. The average molecular weight is 1510 g/mol. The highest BCUT2D eigenvalue weighted by atomic mass is 35.5. The Hall–Kier alpha value is -10.8. The van der Waals surface area contributed by atoms with Crippen molar-refractivity contribution < 1.29 is 43.3 Å². The van der Waals surface area contributed by atoms with Gasteiger partial charge < -0.3 is 78.1 Å². The van der Waals surface area contributed by atoms with E-state index in [1.807, 2.05) is 91.9 Å². The van der Waals surface area contributed by atoms with E-state index < -0.39 is 5.97 Å². The number of halogens is 3. The molecule has 22 heteroatoms. The van der Waals surface area contributed by atoms with Crippen LogP contribution in [0.5, 0.6) is 0 Å². The number of nitrogens with zero attached hydrogens (tertiary/aromatic N) is 2. The number of carboxylic acid groups (broad SMARTS) is 1. The predicted molar refractivity (Wildman–Crippen MR) is 441 cm³/mol. The first-order chi connectivity index (χ1) is 52.9. The molecule has 4 saturated carbocycles. The number of aromatic nitrogens is 4. The summed E-state index contributed by atoms with van der Waals surface area (Å²) < 4.78 is 26.0. The van der Waals surface area contributed by atoms with Crippen LogP contribution >= 0.6 is 12.4 Å². The van der Waals surface area contributed by atoms with E-state index in [1.165, 1.54) is 48.2 Å². The van der Waals surface area contributed by atoms with Gasteiger partial charge in [0.05, 0.1) is 0 Å². The highest BCUT2D eigenvalue weighted by Gasteiger charge is 2.30. The van der Waals surface area contributed by atoms with Crippen LogP contribution in [0, 0.1) is 67.2 Å². The Morgan fingerprint density at radius 3 is 1.07 bits per heavy atom. The molecule has 110 heavy (non-hydrogen) atoms. The fourth-order valence-corrected chi connectivity index (χ4v) is 14.8. The molecule has 0 aliphatic heterocycles. The summed E-state index contributed by atoms with van der Waals surface area (Å²) in [6.45, 7) is 22.3. The number of rotatable bonds is 17. The molecule has 4 aromatic heterocycles. The number of aliphatic hydroxyl groups excluding tert-OH is 2. The fraction of sp³-hybridized carbons (Fsp3) is 0.341. The summed E-state index contributed by atoms with van der Waals surface area (Å²) in [5, 5.41) is 36.0. The molecular formula is C88H103ClF2N12O7. The SMILES string of the molecule is CO.CO.Cc1ccc(-c2ccc3cc(C(=O)NC[C@@H]4CC[C@H](CN)C4)[nH]c3c2)cc1.Cl.NC[C@H]1CC[C@@H](CNC(=O)c2cc3ccc(-c4ccc(F)cc4)cc3[nH]2)C1.O=C(O)c1cc2ccc(-c3ccc(F)cc3)cc2[nH]1.[C-]#[N+][C@H]1CC[C@@H](CN)C1.[C-]#[N+][C@H]1CC[C@@H](CNC(=O)c2cc3ccc(/C=C/C)cc3[nH]2)C1. The van der Waals surface area contributed by atoms with Gasteiger partial charge in [-0.15, -0.1) is 12.4 Å². The number of carbonyl (C=O) groups is 4. The van der Waals surface area contributed by atoms with Gasteiger partial charge in [-0.25, -0.2) is 26.7 Å². The number of carbonyl (C=O) groups excluding carboxylic acids is 3. The number of aryl methyl sites for hydroxylation is 1. The molecule has 4 aliphatic rings. The lowest BCUT2D eigenvalue weighted by Gasteiger charge is -2.11. The maximum absolute atomic E-state index is 13.1. The van der Waals surface area contributed by atoms with E-state index in [1.54, 1.807) is 30.3 Å². The van der Waals surface area contributed by atoms with E-state index in [0.717, 1.165) is 182 Å². The minimum atomic E-state index is -0.987. The van der Waals surface area contributed by atoms with Gasteiger partial charge in [-0.05, 0) is 232 Å². The Labute approximate surface area is 648 Å². The summed E-state index contributed by atoms with van der Waals surface area (Å²) in [4.78, 5) is 67.9. The molecule has 0 spiro atoms. The Balaban J connectivity index is 0.000000175. The van der Waals surface area contributed by atoms with Crippen LogP contribution in [-0.2, 0) is 0 Å². The quantitative estimate of drug-likeness (QED) is 0.0382. The number of hydrogen-bond donors (Lipinski definition) is 13. The largest absolute Gasteiger partial charge is 0.477 e. The maximum Gasteiger partial charge on any atom is 0.352 e. The highest BCUT2D eigenvalue weighted by Crippen LogP contribution is 2.34. The van der Waals surface area contributed by atoms with Gasteiger partial charge in [0.15, 0.2) is 0 Å². The van der Waals surface area contributed by atoms with Gasteiger partial charge in [-0.1, -0.05) is 115 Å². The first-order valence-corrected chi connectivity index (χ1v) is 37.5. The molecule has 15 rings (SSSR count). The summed E-state index contributed by atoms with van der Waals surface area (Å²) >= 11 is 0. The van der Waals surface area contributed by atoms with Gasteiger partial charge >= 0.3 is 5.97 Å². The predicted octanol–water partition coefficient (Wildman–Crippen LogP) is 16.7. The minimum absolute atomic E-state index is 0. The smallest absolute Gasteiger partial charge is 0.352 e. The van der Waals surface area contributed by atoms with Crippen LogP contribution in [0.3, 0.4) is 0 Å². The number of benzene rings is 7. The molecule has 0 radical (unpaired) electrons. The number of aliphatic hydroxyl groups is 2. The molecule has 0 saturated heterocycles. The molecule has 578 valence electrons. The van der Waals surface area contributed by atoms with Gasteiger partial charge in [-0.2, -0.15) is 0 Å². The second-order valence-corrected chi connectivity index (χ2v) is 28.5. The Morgan fingerprint density at radius 1 is 0.427 bits per heavy atom. The van der Waals surface area contributed by atoms with Crippen molar-refractivity contribution in [2.75, 3.05) is 53.5 Å². The number of H-pyrrole nitrogens is 4. The number of aromatic amines is 4. The van der Waals surface area contributed by atoms with Crippen molar-refractivity contribution in [3.05, 3.63) is 244 Å². The monoisotopic (exact) mass is 1510 g/mol. The van der Waals surface area contributed by atoms with Crippen molar-refractivity contribution >= 4 is 85.8 Å². The summed E-state index contributed by atoms with van der Waals surface area (Å²) in [6, 6.07) is 52.7. The van der Waals surface area contributed by atoms with Crippen molar-refractivity contribution in [1.29, 1.82) is 0 Å². The molecular weight excluding hydrogens is 1410 g/mol. The van der Waals surface area contributed by atoms with Crippen molar-refractivity contribution in [1.82, 2.24) is 35.9 Å². The first kappa shape index (κ1) is 84.9. The van der Waals surface area contributed by atoms with Gasteiger partial charge in [-0.3, -0.25) is 14.4 Å². The fourth-order valence-electron chi connectivity index (χ4n) is 14.8. The lowest BCUT2D eigenvalue weighted by Crippen LogP contribution is -2.28. The molecule has 19 nitrogen and oxygen atoms in total. The van der Waals surface area contributed by atoms with Crippen LogP contribution in [0.2, 0.25) is 0 Å². The van der Waals surface area contributed by atoms with Gasteiger partial charge in [0.25, 0.3) is 17.7 Å². The van der Waals surface area contributed by atoms with Crippen molar-refractivity contribution in [3.8, 4) is 33.4 Å². The molecule has 4 aliphatic carbocycles. The number of nitrogens with two attached hydrogens (primary N) is 3. The van der Waals surface area contributed by atoms with E-state index in [2.05, 4.69) is 95.0 Å². The van der Waals surface area contributed by atoms with Crippen LogP contribution in [-0.4, -0.2) is 125 Å². The number of aromatic carboxylic acids is 1. The zero-order valence-electron chi connectivity index (χ0n) is 62.9. The zero-order chi connectivity index (χ0) is 77.9. The third kappa shape index (κ3) is 23.6. The molecule has 7 aromatic carbocycles. The number of allylic oxidation sites excluding steroid dienone is 1. The maximum atomic E-state index is 13.1. The second kappa shape index (κ2) is 42.3. The summed E-state index contributed by atoms with van der Waals surface area (Å²) in [5.74, 6) is 1.69. The van der Waals surface area contributed by atoms with Gasteiger partial charge in [0, 0.05) is 103 Å². The lowest BCUT2D eigenvalue weighted by atomic mass is 10.0. The van der Waals surface area contributed by atoms with E-state index in [9.17, 15) is 28.0 Å². The average Bonchev–Trinajstić information content (AvgIpc) is 1.67. The van der Waals surface area contributed by atoms with Crippen molar-refractivity contribution in [2.45, 2.75) is 103 Å². The third-order valence-corrected chi connectivity index (χ3v) is 20.9. The Bertz CT molecular complexity index is 4760. The summed E-state index contributed by atoms with van der Waals surface area (Å²) in [5.41, 5.74) is 30.9. The summed E-state index contributed by atoms with van der Waals surface area (Å²) in [6.07, 6.45) is 17.1. The van der Waals surface area contributed by atoms with Crippen LogP contribution in [0.25, 0.3) is 92.8 Å². The molecule has 0 unspecified atom stereocenters. The number of hydrogen-bond acceptors (Lipinski definition) is 9. The van der Waals surface area contributed by atoms with E-state index >= 15 is 0 Å². The van der Waals surface area contributed by atoms with Gasteiger partial charge in [0.1, 0.15) is 34.4 Å². The van der Waals surface area contributed by atoms with Gasteiger partial charge in [0.2, 0.25) is 12.1 Å². The van der Waals surface area contributed by atoms with Crippen LogP contribution in [0.4, 0.5) is 8.78 Å². The number of amides is 3. The second-order valence-electron chi connectivity index (χ2n) is 28.5. The molecule has 0 bridgehead atoms. The molecule has 8 atom stereocenters. The number of carboxylic acids is 1. The molecule has 16 N–H and O–H groups in total. The Morgan fingerprint density at radius 2 is 0.727 bits per heavy atom. The van der Waals surface area contributed by atoms with Crippen LogP contribution in [0.15, 0.2) is 176 Å². The van der Waals surface area contributed by atoms with Crippen LogP contribution in [0.1, 0.15) is 137 Å². The number of fused-ring (bicyclic) bond motifs is 4. The molecule has 4 heterocycles. The topological polar surface area (TPSA) is 315 Å².